The SMILES string of the molecule is COc1cccc(C2/C(=C(\O)c3cccc(Cl)c3)C(=O)C(=O)N2c2cc(C)cc(C)c2)c1. The molecule has 1 N–H and O–H groups in total. The molecule has 3 aromatic rings. The van der Waals surface area contributed by atoms with Crippen LogP contribution in [0.1, 0.15) is 28.3 Å². The smallest absolute Gasteiger partial charge is 0.300 e. The maximum Gasteiger partial charge on any atom is 0.300 e. The van der Waals surface area contributed by atoms with E-state index in [0.29, 0.717) is 27.6 Å². The molecule has 32 heavy (non-hydrogen) atoms. The minimum absolute atomic E-state index is 0.00433. The third-order valence-electron chi connectivity index (χ3n) is 5.44. The van der Waals surface area contributed by atoms with Crippen molar-refractivity contribution in [1.82, 2.24) is 0 Å². The summed E-state index contributed by atoms with van der Waals surface area (Å²) >= 11 is 6.10. The van der Waals surface area contributed by atoms with Crippen molar-refractivity contribution in [1.29, 1.82) is 0 Å². The number of carbonyl (C=O) groups excluding carboxylic acids is 2. The highest BCUT2D eigenvalue weighted by Crippen LogP contribution is 2.43. The van der Waals surface area contributed by atoms with E-state index in [2.05, 4.69) is 0 Å². The van der Waals surface area contributed by atoms with Crippen LogP contribution in [0.25, 0.3) is 5.76 Å². The number of aryl methyl sites for hydroxylation is 2. The average Bonchev–Trinajstić information content (AvgIpc) is 3.03. The van der Waals surface area contributed by atoms with Crippen molar-refractivity contribution in [2.24, 2.45) is 0 Å². The number of hydrogen-bond donors (Lipinski definition) is 1. The number of ketones is 1. The normalized spacial score (nSPS) is 17.6. The first-order valence-electron chi connectivity index (χ1n) is 10.1. The Labute approximate surface area is 191 Å². The van der Waals surface area contributed by atoms with E-state index in [1.807, 2.05) is 32.0 Å². The van der Waals surface area contributed by atoms with E-state index in [9.17, 15) is 14.7 Å². The average molecular weight is 448 g/mol. The number of aliphatic hydroxyl groups excluding tert-OH is 1. The van der Waals surface area contributed by atoms with Crippen molar-refractivity contribution in [2.45, 2.75) is 19.9 Å². The van der Waals surface area contributed by atoms with Crippen LogP contribution in [-0.2, 0) is 9.59 Å². The topological polar surface area (TPSA) is 66.8 Å². The van der Waals surface area contributed by atoms with Crippen LogP contribution < -0.4 is 9.64 Å². The van der Waals surface area contributed by atoms with Crippen LogP contribution in [0, 0.1) is 13.8 Å². The van der Waals surface area contributed by atoms with E-state index in [-0.39, 0.29) is 11.3 Å². The number of benzene rings is 3. The van der Waals surface area contributed by atoms with Crippen LogP contribution in [0.4, 0.5) is 5.69 Å². The molecule has 6 heteroatoms. The van der Waals surface area contributed by atoms with Crippen LogP contribution in [0.2, 0.25) is 5.02 Å². The van der Waals surface area contributed by atoms with Gasteiger partial charge in [-0.2, -0.15) is 0 Å². The number of Topliss-reactive ketones (excluding diaryl/α,β-unsaturated/α-hetero) is 1. The fraction of sp³-hybridized carbons (Fsp3) is 0.154. The summed E-state index contributed by atoms with van der Waals surface area (Å²) in [6.07, 6.45) is 0. The van der Waals surface area contributed by atoms with E-state index in [1.165, 1.54) is 4.90 Å². The fourth-order valence-corrected chi connectivity index (χ4v) is 4.30. The van der Waals surface area contributed by atoms with E-state index in [4.69, 9.17) is 16.3 Å². The summed E-state index contributed by atoms with van der Waals surface area (Å²) in [7, 11) is 1.55. The minimum atomic E-state index is -0.828. The predicted octanol–water partition coefficient (Wildman–Crippen LogP) is 5.59. The third kappa shape index (κ3) is 3.87. The summed E-state index contributed by atoms with van der Waals surface area (Å²) < 4.78 is 5.36. The first-order chi connectivity index (χ1) is 15.3. The summed E-state index contributed by atoms with van der Waals surface area (Å²) in [5.74, 6) is -1.15. The van der Waals surface area contributed by atoms with Gasteiger partial charge in [-0.25, -0.2) is 0 Å². The first-order valence-corrected chi connectivity index (χ1v) is 10.5. The lowest BCUT2D eigenvalue weighted by Crippen LogP contribution is -2.29. The maximum absolute atomic E-state index is 13.3. The number of aliphatic hydroxyl groups is 1. The van der Waals surface area contributed by atoms with Crippen molar-refractivity contribution in [3.05, 3.63) is 99.6 Å². The third-order valence-corrected chi connectivity index (χ3v) is 5.67. The van der Waals surface area contributed by atoms with Crippen LogP contribution in [0.3, 0.4) is 0 Å². The van der Waals surface area contributed by atoms with Gasteiger partial charge in [0.15, 0.2) is 0 Å². The Morgan fingerprint density at radius 2 is 1.66 bits per heavy atom. The molecule has 1 unspecified atom stereocenters. The predicted molar refractivity (Wildman–Crippen MR) is 125 cm³/mol. The van der Waals surface area contributed by atoms with Crippen LogP contribution >= 0.6 is 11.6 Å². The van der Waals surface area contributed by atoms with Crippen molar-refractivity contribution in [2.75, 3.05) is 12.0 Å². The lowest BCUT2D eigenvalue weighted by molar-refractivity contribution is -0.132. The zero-order valence-electron chi connectivity index (χ0n) is 17.9. The molecule has 0 radical (unpaired) electrons. The molecule has 1 amide bonds. The zero-order valence-corrected chi connectivity index (χ0v) is 18.7. The molecule has 0 aliphatic carbocycles. The summed E-state index contributed by atoms with van der Waals surface area (Å²) in [4.78, 5) is 27.9. The number of carbonyl (C=O) groups is 2. The molecule has 1 heterocycles. The molecule has 3 aromatic carbocycles. The number of methoxy groups -OCH3 is 1. The van der Waals surface area contributed by atoms with Crippen LogP contribution in [0.5, 0.6) is 5.75 Å². The Hall–Kier alpha value is -3.57. The lowest BCUT2D eigenvalue weighted by atomic mass is 9.95. The fourth-order valence-electron chi connectivity index (χ4n) is 4.11. The summed E-state index contributed by atoms with van der Waals surface area (Å²) in [5.41, 5.74) is 3.52. The van der Waals surface area contributed by atoms with Crippen molar-refractivity contribution >= 4 is 34.7 Å². The van der Waals surface area contributed by atoms with Gasteiger partial charge in [-0.1, -0.05) is 41.9 Å². The lowest BCUT2D eigenvalue weighted by Gasteiger charge is -2.26. The summed E-state index contributed by atoms with van der Waals surface area (Å²) in [6, 6.07) is 18.6. The number of rotatable bonds is 4. The summed E-state index contributed by atoms with van der Waals surface area (Å²) in [5, 5.41) is 11.6. The first kappa shape index (κ1) is 21.7. The molecule has 162 valence electrons. The Morgan fingerprint density at radius 3 is 2.31 bits per heavy atom. The quantitative estimate of drug-likeness (QED) is 0.321. The van der Waals surface area contributed by atoms with Gasteiger partial charge in [0.2, 0.25) is 0 Å². The summed E-state index contributed by atoms with van der Waals surface area (Å²) in [6.45, 7) is 3.86. The zero-order chi connectivity index (χ0) is 23.0. The molecule has 1 atom stereocenters. The molecule has 1 aliphatic rings. The van der Waals surface area contributed by atoms with Gasteiger partial charge in [0.25, 0.3) is 11.7 Å². The number of amides is 1. The second kappa shape index (κ2) is 8.52. The Kier molecular flexibility index (Phi) is 5.76. The van der Waals surface area contributed by atoms with E-state index < -0.39 is 17.7 Å². The second-order valence-corrected chi connectivity index (χ2v) is 8.24. The van der Waals surface area contributed by atoms with E-state index in [1.54, 1.807) is 55.6 Å². The molecule has 1 aliphatic heterocycles. The molecule has 0 spiro atoms. The van der Waals surface area contributed by atoms with Gasteiger partial charge in [-0.05, 0) is 66.9 Å². The number of ether oxygens (including phenoxy) is 1. The molecule has 0 aromatic heterocycles. The Morgan fingerprint density at radius 1 is 0.969 bits per heavy atom. The number of anilines is 1. The van der Waals surface area contributed by atoms with Gasteiger partial charge in [-0.15, -0.1) is 0 Å². The standard InChI is InChI=1S/C26H22ClNO4/c1-15-10-16(2)12-20(11-15)28-23(17-6-5-9-21(14-17)32-3)22(25(30)26(28)31)24(29)18-7-4-8-19(27)13-18/h4-14,23,29H,1-3H3/b24-22+. The molecule has 1 saturated heterocycles. The van der Waals surface area contributed by atoms with Gasteiger partial charge in [0.1, 0.15) is 11.5 Å². The monoisotopic (exact) mass is 447 g/mol. The number of hydrogen-bond acceptors (Lipinski definition) is 4. The van der Waals surface area contributed by atoms with Gasteiger partial charge in [0.05, 0.1) is 18.7 Å². The second-order valence-electron chi connectivity index (χ2n) is 7.80. The van der Waals surface area contributed by atoms with Crippen molar-refractivity contribution < 1.29 is 19.4 Å². The molecule has 4 rings (SSSR count). The van der Waals surface area contributed by atoms with Crippen molar-refractivity contribution in [3.63, 3.8) is 0 Å². The molecular formula is C26H22ClNO4. The number of nitrogens with zero attached hydrogens (tertiary/aromatic N) is 1. The highest BCUT2D eigenvalue weighted by Gasteiger charge is 2.47. The minimum Gasteiger partial charge on any atom is -0.507 e. The maximum atomic E-state index is 13.3. The highest BCUT2D eigenvalue weighted by atomic mass is 35.5. The number of halogens is 1. The largest absolute Gasteiger partial charge is 0.507 e. The molecular weight excluding hydrogens is 426 g/mol. The molecule has 5 nitrogen and oxygen atoms in total. The Bertz CT molecular complexity index is 1240. The Balaban J connectivity index is 1.99. The van der Waals surface area contributed by atoms with E-state index >= 15 is 0 Å². The van der Waals surface area contributed by atoms with Crippen LogP contribution in [-0.4, -0.2) is 23.9 Å². The van der Waals surface area contributed by atoms with Gasteiger partial charge >= 0.3 is 0 Å². The van der Waals surface area contributed by atoms with Gasteiger partial charge < -0.3 is 9.84 Å². The van der Waals surface area contributed by atoms with E-state index in [0.717, 1.165) is 11.1 Å². The molecule has 1 fully saturated rings. The van der Waals surface area contributed by atoms with Crippen molar-refractivity contribution in [3.8, 4) is 5.75 Å². The molecule has 0 saturated carbocycles. The highest BCUT2D eigenvalue weighted by molar-refractivity contribution is 6.51. The molecule has 0 bridgehead atoms. The van der Waals surface area contributed by atoms with Gasteiger partial charge in [-0.3, -0.25) is 14.5 Å². The van der Waals surface area contributed by atoms with Gasteiger partial charge in [0, 0.05) is 16.3 Å². The van der Waals surface area contributed by atoms with Crippen LogP contribution in [0.15, 0.2) is 72.3 Å².